The van der Waals surface area contributed by atoms with Crippen molar-refractivity contribution in [3.8, 4) is 11.5 Å². The quantitative estimate of drug-likeness (QED) is 0.516. The summed E-state index contributed by atoms with van der Waals surface area (Å²) in [5.41, 5.74) is 3.02. The van der Waals surface area contributed by atoms with Crippen LogP contribution in [0.1, 0.15) is 5.56 Å². The first-order valence-corrected chi connectivity index (χ1v) is 9.85. The molecule has 0 fully saturated rings. The average molecular weight is 426 g/mol. The van der Waals surface area contributed by atoms with Crippen LogP contribution in [0, 0.1) is 0 Å². The van der Waals surface area contributed by atoms with E-state index in [1.165, 1.54) is 45.7 Å². The summed E-state index contributed by atoms with van der Waals surface area (Å²) in [5, 5.41) is 4.39. The molecule has 10 heteroatoms. The standard InChI is InChI=1S/C18H20ClN3O5S/c1-22(12-18(23)21-20-11-13-4-6-14(19)7-5-13)28(24,25)15-8-9-16(26-2)17(10-15)27-3/h4-11H,12H2,1-3H3,(H,21,23)/b20-11-. The van der Waals surface area contributed by atoms with Gasteiger partial charge in [-0.25, -0.2) is 13.8 Å². The minimum Gasteiger partial charge on any atom is -0.493 e. The van der Waals surface area contributed by atoms with Crippen LogP contribution in [0.5, 0.6) is 11.5 Å². The second kappa shape index (κ2) is 9.54. The number of carbonyl (C=O) groups is 1. The number of methoxy groups -OCH3 is 2. The van der Waals surface area contributed by atoms with Gasteiger partial charge in [0, 0.05) is 18.1 Å². The van der Waals surface area contributed by atoms with Gasteiger partial charge in [-0.1, -0.05) is 23.7 Å². The van der Waals surface area contributed by atoms with Crippen LogP contribution in [0.25, 0.3) is 0 Å². The van der Waals surface area contributed by atoms with Crippen LogP contribution in [0.15, 0.2) is 52.5 Å². The SMILES string of the molecule is COc1ccc(S(=O)(=O)N(C)CC(=O)N/N=C\c2ccc(Cl)cc2)cc1OC. The molecule has 0 saturated heterocycles. The van der Waals surface area contributed by atoms with Crippen LogP contribution in [0.4, 0.5) is 0 Å². The maximum atomic E-state index is 12.7. The third kappa shape index (κ3) is 5.44. The van der Waals surface area contributed by atoms with Crippen LogP contribution in [-0.2, 0) is 14.8 Å². The van der Waals surface area contributed by atoms with Crippen molar-refractivity contribution in [3.63, 3.8) is 0 Å². The second-order valence-electron chi connectivity index (χ2n) is 5.62. The first-order valence-electron chi connectivity index (χ1n) is 8.03. The third-order valence-electron chi connectivity index (χ3n) is 3.70. The minimum absolute atomic E-state index is 0.0230. The van der Waals surface area contributed by atoms with Crippen molar-refractivity contribution in [2.24, 2.45) is 5.10 Å². The summed E-state index contributed by atoms with van der Waals surface area (Å²) in [5.74, 6) is 0.0872. The summed E-state index contributed by atoms with van der Waals surface area (Å²) in [6.07, 6.45) is 1.43. The highest BCUT2D eigenvalue weighted by molar-refractivity contribution is 7.89. The highest BCUT2D eigenvalue weighted by Crippen LogP contribution is 2.30. The summed E-state index contributed by atoms with van der Waals surface area (Å²) in [4.78, 5) is 12.0. The van der Waals surface area contributed by atoms with Gasteiger partial charge in [0.25, 0.3) is 5.91 Å². The number of hydrazone groups is 1. The summed E-state index contributed by atoms with van der Waals surface area (Å²) >= 11 is 5.79. The molecule has 0 unspecified atom stereocenters. The number of likely N-dealkylation sites (N-methyl/N-ethyl adjacent to an activating group) is 1. The van der Waals surface area contributed by atoms with Gasteiger partial charge < -0.3 is 9.47 Å². The van der Waals surface area contributed by atoms with Crippen LogP contribution in [0.3, 0.4) is 0 Å². The van der Waals surface area contributed by atoms with E-state index in [1.54, 1.807) is 24.3 Å². The fourth-order valence-electron chi connectivity index (χ4n) is 2.21. The first-order chi connectivity index (χ1) is 13.3. The smallest absolute Gasteiger partial charge is 0.255 e. The average Bonchev–Trinajstić information content (AvgIpc) is 2.68. The molecule has 0 aromatic heterocycles. The predicted molar refractivity (Wildman–Crippen MR) is 107 cm³/mol. The molecule has 0 atom stereocenters. The molecule has 0 aliphatic heterocycles. The van der Waals surface area contributed by atoms with Gasteiger partial charge in [0.1, 0.15) is 0 Å². The van der Waals surface area contributed by atoms with Crippen LogP contribution >= 0.6 is 11.6 Å². The second-order valence-corrected chi connectivity index (χ2v) is 8.10. The van der Waals surface area contributed by atoms with Crippen LogP contribution in [0.2, 0.25) is 5.02 Å². The Morgan fingerprint density at radius 2 is 1.79 bits per heavy atom. The Balaban J connectivity index is 2.03. The maximum absolute atomic E-state index is 12.7. The molecular formula is C18H20ClN3O5S. The lowest BCUT2D eigenvalue weighted by Crippen LogP contribution is -2.36. The molecule has 150 valence electrons. The number of carbonyl (C=O) groups excluding carboxylic acids is 1. The number of benzene rings is 2. The van der Waals surface area contributed by atoms with E-state index >= 15 is 0 Å². The lowest BCUT2D eigenvalue weighted by Gasteiger charge is -2.17. The number of hydrogen-bond donors (Lipinski definition) is 1. The first kappa shape index (κ1) is 21.7. The number of rotatable bonds is 8. The number of nitrogens with zero attached hydrogens (tertiary/aromatic N) is 2. The zero-order valence-corrected chi connectivity index (χ0v) is 17.1. The molecule has 2 aromatic rings. The Hall–Kier alpha value is -2.62. The molecule has 8 nitrogen and oxygen atoms in total. The molecule has 0 saturated carbocycles. The van der Waals surface area contributed by atoms with Gasteiger partial charge in [-0.3, -0.25) is 4.79 Å². The van der Waals surface area contributed by atoms with E-state index < -0.39 is 22.5 Å². The molecule has 0 aliphatic rings. The predicted octanol–water partition coefficient (Wildman–Crippen LogP) is 2.13. The van der Waals surface area contributed by atoms with E-state index in [9.17, 15) is 13.2 Å². The Kier molecular flexibility index (Phi) is 7.38. The topological polar surface area (TPSA) is 97.3 Å². The van der Waals surface area contributed by atoms with Crippen molar-refractivity contribution in [1.29, 1.82) is 0 Å². The van der Waals surface area contributed by atoms with Gasteiger partial charge in [0.05, 0.1) is 31.9 Å². The van der Waals surface area contributed by atoms with Gasteiger partial charge >= 0.3 is 0 Å². The van der Waals surface area contributed by atoms with E-state index in [0.29, 0.717) is 10.8 Å². The van der Waals surface area contributed by atoms with Crippen molar-refractivity contribution in [1.82, 2.24) is 9.73 Å². The number of hydrogen-bond acceptors (Lipinski definition) is 6. The maximum Gasteiger partial charge on any atom is 0.255 e. The van der Waals surface area contributed by atoms with Gasteiger partial charge in [-0.05, 0) is 29.8 Å². The summed E-state index contributed by atoms with van der Waals surface area (Å²) in [6, 6.07) is 11.0. The van der Waals surface area contributed by atoms with Crippen molar-refractivity contribution in [3.05, 3.63) is 53.1 Å². The monoisotopic (exact) mass is 425 g/mol. The highest BCUT2D eigenvalue weighted by atomic mass is 35.5. The molecular weight excluding hydrogens is 406 g/mol. The Morgan fingerprint density at radius 1 is 1.14 bits per heavy atom. The van der Waals surface area contributed by atoms with Crippen molar-refractivity contribution < 1.29 is 22.7 Å². The van der Waals surface area contributed by atoms with E-state index in [1.807, 2.05) is 0 Å². The van der Waals surface area contributed by atoms with Crippen molar-refractivity contribution in [2.45, 2.75) is 4.90 Å². The highest BCUT2D eigenvalue weighted by Gasteiger charge is 2.24. The fourth-order valence-corrected chi connectivity index (χ4v) is 3.48. The summed E-state index contributed by atoms with van der Waals surface area (Å²) in [6.45, 7) is -0.408. The molecule has 2 rings (SSSR count). The van der Waals surface area contributed by atoms with E-state index in [0.717, 1.165) is 9.87 Å². The fraction of sp³-hybridized carbons (Fsp3) is 0.222. The Labute approximate surface area is 168 Å². The van der Waals surface area contributed by atoms with Crippen molar-refractivity contribution in [2.75, 3.05) is 27.8 Å². The number of amides is 1. The van der Waals surface area contributed by atoms with Gasteiger partial charge in [0.15, 0.2) is 11.5 Å². The largest absolute Gasteiger partial charge is 0.493 e. The molecule has 0 bridgehead atoms. The number of halogens is 1. The van der Waals surface area contributed by atoms with E-state index in [4.69, 9.17) is 21.1 Å². The van der Waals surface area contributed by atoms with Gasteiger partial charge in [-0.15, -0.1) is 0 Å². The zero-order chi connectivity index (χ0) is 20.7. The molecule has 1 N–H and O–H groups in total. The normalized spacial score (nSPS) is 11.6. The van der Waals surface area contributed by atoms with Crippen LogP contribution < -0.4 is 14.9 Å². The van der Waals surface area contributed by atoms with Crippen molar-refractivity contribution >= 4 is 33.7 Å². The molecule has 0 aliphatic carbocycles. The summed E-state index contributed by atoms with van der Waals surface area (Å²) in [7, 11) is 0.255. The van der Waals surface area contributed by atoms with Crippen LogP contribution in [-0.4, -0.2) is 52.7 Å². The molecule has 28 heavy (non-hydrogen) atoms. The third-order valence-corrected chi connectivity index (χ3v) is 5.75. The van der Waals surface area contributed by atoms with E-state index in [2.05, 4.69) is 10.5 Å². The van der Waals surface area contributed by atoms with Gasteiger partial charge in [-0.2, -0.15) is 9.41 Å². The van der Waals surface area contributed by atoms with Gasteiger partial charge in [0.2, 0.25) is 10.0 Å². The molecule has 2 aromatic carbocycles. The minimum atomic E-state index is -3.90. The lowest BCUT2D eigenvalue weighted by atomic mass is 10.2. The zero-order valence-electron chi connectivity index (χ0n) is 15.5. The summed E-state index contributed by atoms with van der Waals surface area (Å²) < 4.78 is 36.5. The molecule has 0 radical (unpaired) electrons. The molecule has 0 spiro atoms. The Morgan fingerprint density at radius 3 is 2.39 bits per heavy atom. The molecule has 0 heterocycles. The number of sulfonamides is 1. The number of nitrogens with one attached hydrogen (secondary N) is 1. The molecule has 1 amide bonds. The Bertz CT molecular complexity index is 962. The van der Waals surface area contributed by atoms with E-state index in [-0.39, 0.29) is 10.6 Å². The number of ether oxygens (including phenoxy) is 2. The lowest BCUT2D eigenvalue weighted by molar-refractivity contribution is -0.121.